The Hall–Kier alpha value is -1.28. The second kappa shape index (κ2) is 6.23. The van der Waals surface area contributed by atoms with Crippen molar-refractivity contribution in [2.75, 3.05) is 7.11 Å². The van der Waals surface area contributed by atoms with E-state index in [1.165, 1.54) is 0 Å². The largest absolute Gasteiger partial charge is 0.542 e. The van der Waals surface area contributed by atoms with Crippen LogP contribution in [0.4, 0.5) is 0 Å². The average Bonchev–Trinajstić information content (AvgIpc) is 2.24. The highest BCUT2D eigenvalue weighted by molar-refractivity contribution is 6.80. The average molecular weight is 327 g/mol. The second-order valence-corrected chi connectivity index (χ2v) is 17.0. The van der Waals surface area contributed by atoms with Crippen LogP contribution in [0, 0.1) is 0 Å². The van der Waals surface area contributed by atoms with Crippen molar-refractivity contribution in [2.24, 2.45) is 0 Å². The van der Waals surface area contributed by atoms with E-state index in [0.29, 0.717) is 11.5 Å². The summed E-state index contributed by atoms with van der Waals surface area (Å²) in [6, 6.07) is 5.49. The summed E-state index contributed by atoms with van der Waals surface area (Å²) in [5.41, 5.74) is 0.350. The number of hydrogen-bond acceptors (Lipinski definition) is 3. The molecule has 1 rings (SSSR count). The van der Waals surface area contributed by atoms with Gasteiger partial charge in [-0.15, -0.1) is 0 Å². The maximum Gasteiger partial charge on any atom is 0.308 e. The monoisotopic (exact) mass is 326 g/mol. The van der Waals surface area contributed by atoms with Gasteiger partial charge in [-0.05, 0) is 37.3 Å². The van der Waals surface area contributed by atoms with Crippen molar-refractivity contribution in [1.82, 2.24) is 0 Å². The first kappa shape index (κ1) is 17.8. The number of methoxy groups -OCH3 is 1. The molecule has 1 aromatic rings. The highest BCUT2D eigenvalue weighted by atomic mass is 28.4. The van der Waals surface area contributed by atoms with Crippen molar-refractivity contribution in [3.05, 3.63) is 23.8 Å². The van der Waals surface area contributed by atoms with Gasteiger partial charge in [0.05, 0.1) is 20.7 Å². The van der Waals surface area contributed by atoms with E-state index in [9.17, 15) is 9.90 Å². The lowest BCUT2D eigenvalue weighted by Crippen LogP contribution is -2.36. The number of carbonyl (C=O) groups is 1. The van der Waals surface area contributed by atoms with Gasteiger partial charge in [-0.2, -0.15) is 0 Å². The van der Waals surface area contributed by atoms with Gasteiger partial charge in [0.25, 0.3) is 0 Å². The molecule has 0 aromatic heterocycles. The molecule has 0 heterocycles. The summed E-state index contributed by atoms with van der Waals surface area (Å²) in [5, 5.41) is 9.58. The Morgan fingerprint density at radius 2 is 1.67 bits per heavy atom. The van der Waals surface area contributed by atoms with E-state index < -0.39 is 27.9 Å². The molecule has 1 unspecified atom stereocenters. The zero-order valence-corrected chi connectivity index (χ0v) is 16.0. The Labute approximate surface area is 129 Å². The van der Waals surface area contributed by atoms with Crippen LogP contribution in [-0.2, 0) is 4.79 Å². The number of ether oxygens (including phenoxy) is 1. The lowest BCUT2D eigenvalue weighted by Gasteiger charge is -2.27. The topological polar surface area (TPSA) is 55.8 Å². The molecule has 0 aliphatic carbocycles. The maximum absolute atomic E-state index is 11.7. The van der Waals surface area contributed by atoms with Crippen LogP contribution in [-0.4, -0.2) is 34.6 Å². The number of aliphatic carboxylic acids is 1. The van der Waals surface area contributed by atoms with Gasteiger partial charge in [0.15, 0.2) is 5.75 Å². The summed E-state index contributed by atoms with van der Waals surface area (Å²) >= 11 is 0. The van der Waals surface area contributed by atoms with Crippen molar-refractivity contribution in [3.8, 4) is 11.5 Å². The van der Waals surface area contributed by atoms with Crippen LogP contribution in [0.15, 0.2) is 18.2 Å². The highest BCUT2D eigenvalue weighted by Gasteiger charge is 2.35. The van der Waals surface area contributed by atoms with Gasteiger partial charge in [-0.3, -0.25) is 4.79 Å². The third kappa shape index (κ3) is 4.89. The fourth-order valence-corrected chi connectivity index (χ4v) is 5.04. The van der Waals surface area contributed by atoms with Gasteiger partial charge in [0, 0.05) is 0 Å². The Kier molecular flexibility index (Phi) is 5.27. The summed E-state index contributed by atoms with van der Waals surface area (Å²) in [6.45, 7) is 12.5. The Morgan fingerprint density at radius 1 is 1.10 bits per heavy atom. The minimum atomic E-state index is -1.88. The summed E-state index contributed by atoms with van der Waals surface area (Å²) in [4.78, 5) is 11.7. The lowest BCUT2D eigenvalue weighted by atomic mass is 10.1. The van der Waals surface area contributed by atoms with Crippen molar-refractivity contribution in [1.29, 1.82) is 0 Å². The molecule has 118 valence electrons. The van der Waals surface area contributed by atoms with Crippen molar-refractivity contribution in [2.45, 2.75) is 44.8 Å². The van der Waals surface area contributed by atoms with Gasteiger partial charge in [-0.25, -0.2) is 0 Å². The molecule has 4 nitrogen and oxygen atoms in total. The predicted octanol–water partition coefficient (Wildman–Crippen LogP) is 3.95. The Bertz CT molecular complexity index is 515. The summed E-state index contributed by atoms with van der Waals surface area (Å²) < 4.78 is 11.4. The minimum Gasteiger partial charge on any atom is -0.542 e. The Balaban J connectivity index is 3.32. The molecule has 0 saturated heterocycles. The molecular formula is C15H26O4Si2. The molecule has 0 aliphatic heterocycles. The summed E-state index contributed by atoms with van der Waals surface area (Å²) in [7, 11) is -2.08. The maximum atomic E-state index is 11.7. The van der Waals surface area contributed by atoms with Crippen LogP contribution in [0.2, 0.25) is 39.3 Å². The van der Waals surface area contributed by atoms with E-state index in [-0.39, 0.29) is 0 Å². The predicted molar refractivity (Wildman–Crippen MR) is 90.7 cm³/mol. The SMILES string of the molecule is COc1ccc(C(C(=O)O)[Si](C)(C)C)cc1O[Si](C)(C)C. The zero-order valence-electron chi connectivity index (χ0n) is 14.0. The van der Waals surface area contributed by atoms with E-state index in [1.807, 2.05) is 12.1 Å². The van der Waals surface area contributed by atoms with Crippen LogP contribution in [0.5, 0.6) is 11.5 Å². The molecule has 0 bridgehead atoms. The number of carboxylic acids is 1. The third-order valence-corrected chi connectivity index (χ3v) is 6.19. The van der Waals surface area contributed by atoms with E-state index in [1.54, 1.807) is 13.2 Å². The molecule has 21 heavy (non-hydrogen) atoms. The first-order valence-corrected chi connectivity index (χ1v) is 14.0. The van der Waals surface area contributed by atoms with Crippen LogP contribution >= 0.6 is 0 Å². The first-order chi connectivity index (χ1) is 9.45. The highest BCUT2D eigenvalue weighted by Crippen LogP contribution is 2.35. The number of carboxylic acid groups (broad SMARTS) is 1. The van der Waals surface area contributed by atoms with Crippen LogP contribution in [0.1, 0.15) is 11.1 Å². The summed E-state index contributed by atoms with van der Waals surface area (Å²) in [6.07, 6.45) is 0. The van der Waals surface area contributed by atoms with Crippen molar-refractivity contribution >= 4 is 22.4 Å². The normalized spacial score (nSPS) is 13.7. The van der Waals surface area contributed by atoms with Gasteiger partial charge in [0.1, 0.15) is 5.75 Å². The van der Waals surface area contributed by atoms with Gasteiger partial charge in [-0.1, -0.05) is 25.7 Å². The molecule has 0 radical (unpaired) electrons. The van der Waals surface area contributed by atoms with E-state index in [2.05, 4.69) is 39.3 Å². The second-order valence-electron chi connectivity index (χ2n) is 7.26. The van der Waals surface area contributed by atoms with Gasteiger partial charge < -0.3 is 14.3 Å². The fourth-order valence-electron chi connectivity index (χ4n) is 2.30. The molecule has 0 fully saturated rings. The van der Waals surface area contributed by atoms with E-state index >= 15 is 0 Å². The number of hydrogen-bond donors (Lipinski definition) is 1. The first-order valence-electron chi connectivity index (χ1n) is 7.05. The van der Waals surface area contributed by atoms with E-state index in [4.69, 9.17) is 9.16 Å². The van der Waals surface area contributed by atoms with E-state index in [0.717, 1.165) is 5.56 Å². The standard InChI is InChI=1S/C15H26O4Si2/c1-18-12-9-8-11(10-13(12)19-21(5,6)7)14(15(16)17)20(2,3)4/h8-10,14H,1-7H3,(H,16,17). The Morgan fingerprint density at radius 3 is 2.05 bits per heavy atom. The van der Waals surface area contributed by atoms with Gasteiger partial charge >= 0.3 is 5.97 Å². The van der Waals surface area contributed by atoms with Crippen LogP contribution in [0.25, 0.3) is 0 Å². The number of rotatable bonds is 6. The molecule has 0 aliphatic rings. The van der Waals surface area contributed by atoms with Crippen molar-refractivity contribution < 1.29 is 19.1 Å². The molecular weight excluding hydrogens is 300 g/mol. The minimum absolute atomic E-state index is 0.451. The summed E-state index contributed by atoms with van der Waals surface area (Å²) in [5.74, 6) is 0.540. The molecule has 0 saturated carbocycles. The molecule has 1 N–H and O–H groups in total. The molecule has 1 aromatic carbocycles. The van der Waals surface area contributed by atoms with Crippen molar-refractivity contribution in [3.63, 3.8) is 0 Å². The third-order valence-electron chi connectivity index (χ3n) is 3.05. The molecule has 0 spiro atoms. The fraction of sp³-hybridized carbons (Fsp3) is 0.533. The van der Waals surface area contributed by atoms with Crippen LogP contribution in [0.3, 0.4) is 0 Å². The number of benzene rings is 1. The lowest BCUT2D eigenvalue weighted by molar-refractivity contribution is -0.136. The quantitative estimate of drug-likeness (QED) is 0.804. The molecule has 0 amide bonds. The smallest absolute Gasteiger partial charge is 0.308 e. The molecule has 6 heteroatoms. The molecule has 1 atom stereocenters. The zero-order chi connectivity index (χ0) is 16.4. The van der Waals surface area contributed by atoms with Gasteiger partial charge in [0.2, 0.25) is 8.32 Å². The van der Waals surface area contributed by atoms with Crippen LogP contribution < -0.4 is 9.16 Å².